The van der Waals surface area contributed by atoms with Crippen LogP contribution in [0.2, 0.25) is 0 Å². The van der Waals surface area contributed by atoms with Gasteiger partial charge in [0.15, 0.2) is 5.11 Å². The van der Waals surface area contributed by atoms with Crippen molar-refractivity contribution in [1.82, 2.24) is 10.7 Å². The first-order chi connectivity index (χ1) is 10.6. The second-order valence-electron chi connectivity index (χ2n) is 4.60. The van der Waals surface area contributed by atoms with Gasteiger partial charge < -0.3 is 5.32 Å². The van der Waals surface area contributed by atoms with Crippen LogP contribution < -0.4 is 10.7 Å². The molecule has 0 aliphatic rings. The average molecular weight is 319 g/mol. The minimum Gasteiger partial charge on any atom is -0.357 e. The lowest BCUT2D eigenvalue weighted by molar-refractivity contribution is 0.624. The largest absolute Gasteiger partial charge is 0.357 e. The number of benzene rings is 2. The van der Waals surface area contributed by atoms with Crippen molar-refractivity contribution < 1.29 is 8.78 Å². The van der Waals surface area contributed by atoms with Gasteiger partial charge in [0.2, 0.25) is 0 Å². The highest BCUT2D eigenvalue weighted by Gasteiger charge is 2.04. The van der Waals surface area contributed by atoms with E-state index in [1.54, 1.807) is 37.3 Å². The molecule has 0 unspecified atom stereocenters. The second-order valence-corrected chi connectivity index (χ2v) is 5.01. The maximum atomic E-state index is 13.6. The van der Waals surface area contributed by atoms with Crippen LogP contribution in [0.4, 0.5) is 8.78 Å². The molecular weight excluding hydrogens is 304 g/mol. The molecule has 0 atom stereocenters. The van der Waals surface area contributed by atoms with Gasteiger partial charge in [-0.25, -0.2) is 8.78 Å². The van der Waals surface area contributed by atoms with E-state index >= 15 is 0 Å². The van der Waals surface area contributed by atoms with Crippen molar-refractivity contribution in [1.29, 1.82) is 0 Å². The van der Waals surface area contributed by atoms with E-state index in [0.29, 0.717) is 22.9 Å². The van der Waals surface area contributed by atoms with E-state index < -0.39 is 0 Å². The zero-order chi connectivity index (χ0) is 15.9. The van der Waals surface area contributed by atoms with Gasteiger partial charge in [-0.3, -0.25) is 5.43 Å². The van der Waals surface area contributed by atoms with Crippen molar-refractivity contribution in [2.45, 2.75) is 13.5 Å². The average Bonchev–Trinajstić information content (AvgIpc) is 2.52. The fourth-order valence-electron chi connectivity index (χ4n) is 1.77. The van der Waals surface area contributed by atoms with Crippen LogP contribution in [0.25, 0.3) is 0 Å². The molecule has 0 heterocycles. The minimum absolute atomic E-state index is 0.283. The standard InChI is InChI=1S/C16H15F2N3S/c1-11(14-4-2-3-5-15(14)18)20-21-16(22)19-10-12-6-8-13(17)9-7-12/h2-9H,10H2,1H3,(H2,19,21,22)/b20-11-. The Morgan fingerprint density at radius 3 is 2.45 bits per heavy atom. The van der Waals surface area contributed by atoms with Gasteiger partial charge in [0.05, 0.1) is 5.71 Å². The molecule has 2 N–H and O–H groups in total. The fraction of sp³-hybridized carbons (Fsp3) is 0.125. The molecule has 2 aromatic rings. The maximum absolute atomic E-state index is 13.6. The summed E-state index contributed by atoms with van der Waals surface area (Å²) in [5, 5.41) is 7.29. The Kier molecular flexibility index (Phi) is 5.55. The van der Waals surface area contributed by atoms with Crippen LogP contribution in [-0.4, -0.2) is 10.8 Å². The van der Waals surface area contributed by atoms with Crippen molar-refractivity contribution in [3.63, 3.8) is 0 Å². The van der Waals surface area contributed by atoms with Crippen LogP contribution in [0.15, 0.2) is 53.6 Å². The van der Waals surface area contributed by atoms with Crippen molar-refractivity contribution in [3.8, 4) is 0 Å². The number of nitrogens with one attached hydrogen (secondary N) is 2. The zero-order valence-electron chi connectivity index (χ0n) is 11.9. The molecular formula is C16H15F2N3S. The summed E-state index contributed by atoms with van der Waals surface area (Å²) >= 11 is 5.08. The van der Waals surface area contributed by atoms with Crippen molar-refractivity contribution >= 4 is 23.0 Å². The van der Waals surface area contributed by atoms with E-state index in [2.05, 4.69) is 15.8 Å². The number of rotatable bonds is 4. The predicted molar refractivity (Wildman–Crippen MR) is 87.6 cm³/mol. The Bertz CT molecular complexity index is 684. The minimum atomic E-state index is -0.337. The summed E-state index contributed by atoms with van der Waals surface area (Å²) in [6, 6.07) is 12.5. The summed E-state index contributed by atoms with van der Waals surface area (Å²) in [6.45, 7) is 2.13. The molecule has 0 aliphatic heterocycles. The van der Waals surface area contributed by atoms with Crippen LogP contribution in [0.3, 0.4) is 0 Å². The topological polar surface area (TPSA) is 36.4 Å². The van der Waals surface area contributed by atoms with Crippen LogP contribution in [-0.2, 0) is 6.54 Å². The SMILES string of the molecule is C/C(=N/NC(=S)NCc1ccc(F)cc1)c1ccccc1F. The highest BCUT2D eigenvalue weighted by atomic mass is 32.1. The van der Waals surface area contributed by atoms with Gasteiger partial charge in [-0.15, -0.1) is 0 Å². The van der Waals surface area contributed by atoms with E-state index in [1.165, 1.54) is 18.2 Å². The molecule has 6 heteroatoms. The number of hydrogen-bond acceptors (Lipinski definition) is 2. The van der Waals surface area contributed by atoms with Gasteiger partial charge in [-0.05, 0) is 42.9 Å². The van der Waals surface area contributed by atoms with Gasteiger partial charge in [0.1, 0.15) is 11.6 Å². The van der Waals surface area contributed by atoms with Crippen molar-refractivity contribution in [2.75, 3.05) is 0 Å². The van der Waals surface area contributed by atoms with Gasteiger partial charge in [-0.2, -0.15) is 5.10 Å². The Balaban J connectivity index is 1.88. The first-order valence-electron chi connectivity index (χ1n) is 6.64. The van der Waals surface area contributed by atoms with E-state index in [0.717, 1.165) is 5.56 Å². The number of halogens is 2. The molecule has 22 heavy (non-hydrogen) atoms. The van der Waals surface area contributed by atoms with Gasteiger partial charge in [0.25, 0.3) is 0 Å². The van der Waals surface area contributed by atoms with Crippen LogP contribution in [0.5, 0.6) is 0 Å². The summed E-state index contributed by atoms with van der Waals surface area (Å²) in [5.41, 5.74) is 4.45. The number of hydrazone groups is 1. The van der Waals surface area contributed by atoms with Crippen LogP contribution in [0, 0.1) is 11.6 Å². The Morgan fingerprint density at radius 2 is 1.77 bits per heavy atom. The lowest BCUT2D eigenvalue weighted by Crippen LogP contribution is -2.32. The highest BCUT2D eigenvalue weighted by Crippen LogP contribution is 2.07. The van der Waals surface area contributed by atoms with E-state index in [9.17, 15) is 8.78 Å². The quantitative estimate of drug-likeness (QED) is 0.515. The molecule has 0 fully saturated rings. The number of thiocarbonyl (C=S) groups is 1. The lowest BCUT2D eigenvalue weighted by Gasteiger charge is -2.08. The lowest BCUT2D eigenvalue weighted by atomic mass is 10.1. The normalized spacial score (nSPS) is 11.1. The second kappa shape index (κ2) is 7.61. The monoisotopic (exact) mass is 319 g/mol. The fourth-order valence-corrected chi connectivity index (χ4v) is 1.89. The van der Waals surface area contributed by atoms with E-state index in [4.69, 9.17) is 12.2 Å². The van der Waals surface area contributed by atoms with Gasteiger partial charge in [0, 0.05) is 12.1 Å². The molecule has 2 aromatic carbocycles. The zero-order valence-corrected chi connectivity index (χ0v) is 12.8. The maximum Gasteiger partial charge on any atom is 0.187 e. The van der Waals surface area contributed by atoms with Gasteiger partial charge in [-0.1, -0.05) is 30.3 Å². The summed E-state index contributed by atoms with van der Waals surface area (Å²) in [4.78, 5) is 0. The molecule has 0 aromatic heterocycles. The molecule has 3 nitrogen and oxygen atoms in total. The smallest absolute Gasteiger partial charge is 0.187 e. The highest BCUT2D eigenvalue weighted by molar-refractivity contribution is 7.80. The predicted octanol–water partition coefficient (Wildman–Crippen LogP) is 3.35. The van der Waals surface area contributed by atoms with Crippen molar-refractivity contribution in [2.24, 2.45) is 5.10 Å². The Morgan fingerprint density at radius 1 is 1.09 bits per heavy atom. The molecule has 0 saturated carbocycles. The summed E-state index contributed by atoms with van der Waals surface area (Å²) < 4.78 is 26.4. The van der Waals surface area contributed by atoms with Crippen LogP contribution >= 0.6 is 12.2 Å². The molecule has 0 radical (unpaired) electrons. The summed E-state index contributed by atoms with van der Waals surface area (Å²) in [6.07, 6.45) is 0. The molecule has 0 aliphatic carbocycles. The third-order valence-electron chi connectivity index (χ3n) is 2.96. The molecule has 0 saturated heterocycles. The molecule has 2 rings (SSSR count). The first kappa shape index (κ1) is 16.0. The number of nitrogens with zero attached hydrogens (tertiary/aromatic N) is 1. The Hall–Kier alpha value is -2.34. The molecule has 0 spiro atoms. The molecule has 0 amide bonds. The first-order valence-corrected chi connectivity index (χ1v) is 7.04. The third-order valence-corrected chi connectivity index (χ3v) is 3.19. The van der Waals surface area contributed by atoms with Gasteiger partial charge >= 0.3 is 0 Å². The third kappa shape index (κ3) is 4.60. The summed E-state index contributed by atoms with van der Waals surface area (Å²) in [7, 11) is 0. The molecule has 114 valence electrons. The van der Waals surface area contributed by atoms with Crippen molar-refractivity contribution in [3.05, 3.63) is 71.3 Å². The Labute approximate surface area is 133 Å². The summed E-state index contributed by atoms with van der Waals surface area (Å²) in [5.74, 6) is -0.620. The molecule has 0 bridgehead atoms. The van der Waals surface area contributed by atoms with Crippen LogP contribution in [0.1, 0.15) is 18.1 Å². The van der Waals surface area contributed by atoms with E-state index in [1.807, 2.05) is 0 Å². The van der Waals surface area contributed by atoms with E-state index in [-0.39, 0.29) is 11.6 Å². The number of hydrogen-bond donors (Lipinski definition) is 2.